The number of likely N-dealkylation sites (tertiary alicyclic amines) is 2. The van der Waals surface area contributed by atoms with Crippen LogP contribution < -0.4 is 29.1 Å². The highest BCUT2D eigenvalue weighted by Gasteiger charge is 2.45. The Morgan fingerprint density at radius 1 is 0.653 bits per heavy atom. The summed E-state index contributed by atoms with van der Waals surface area (Å²) in [5, 5.41) is 43.1. The first-order valence-corrected chi connectivity index (χ1v) is 30.4. The van der Waals surface area contributed by atoms with E-state index in [0.29, 0.717) is 50.8 Å². The van der Waals surface area contributed by atoms with Crippen molar-refractivity contribution in [2.75, 3.05) is 106 Å². The molecule has 12 rings (SSSR count). The SMILES string of the molecule is C=C(F)C(=O)N1CCN(c2nc(OC[C@@H]3CC(F)(F)CN3C)nc3c2CCN(c2c(C)c(C)cc4[nH]ncc24)C3)C[C@@H]1CC#N.C=C(F)C(=O)O.Cc1cc2[nH]ncc2c(N2CCc3c(nc(OC[C@@H]4CC(F)(F)CN4C)nc3N3CCC[C@@H](CC#N)C3)C2)c1C.S.S.S.S. The number of piperidine rings is 1. The molecule has 0 spiro atoms. The number of aromatic amines is 2. The number of H-pyrrole nitrogens is 2. The molecule has 0 bridgehead atoms. The number of nitrogens with zero attached hydrogens (tertiary/aromatic N) is 15. The van der Waals surface area contributed by atoms with E-state index in [9.17, 15) is 46.5 Å². The van der Waals surface area contributed by atoms with E-state index < -0.39 is 53.5 Å². The molecule has 4 saturated heterocycles. The van der Waals surface area contributed by atoms with E-state index in [1.807, 2.05) is 17.3 Å². The first kappa shape index (κ1) is 76.7. The molecule has 4 fully saturated rings. The van der Waals surface area contributed by atoms with Crippen molar-refractivity contribution in [3.8, 4) is 24.2 Å². The fourth-order valence-electron chi connectivity index (χ4n) is 13.4. The van der Waals surface area contributed by atoms with Gasteiger partial charge >= 0.3 is 18.0 Å². The van der Waals surface area contributed by atoms with Gasteiger partial charge in [0.25, 0.3) is 17.8 Å². The number of carbonyl (C=O) groups excluding carboxylic acids is 1. The number of carboxylic acid groups (broad SMARTS) is 1. The van der Waals surface area contributed by atoms with Gasteiger partial charge in [-0.2, -0.15) is 99.0 Å². The molecule has 4 atom stereocenters. The van der Waals surface area contributed by atoms with Crippen LogP contribution in [0.25, 0.3) is 21.8 Å². The number of aromatic nitrogens is 8. The maximum Gasteiger partial charge on any atom is 0.364 e. The number of hydrogen-bond acceptors (Lipinski definition) is 18. The van der Waals surface area contributed by atoms with Crippen molar-refractivity contribution in [2.45, 2.75) is 122 Å². The minimum absolute atomic E-state index is 0. The Morgan fingerprint density at radius 2 is 1.11 bits per heavy atom. The van der Waals surface area contributed by atoms with E-state index in [-0.39, 0.29) is 125 Å². The van der Waals surface area contributed by atoms with Crippen molar-refractivity contribution >= 4 is 111 Å². The molecule has 0 aliphatic carbocycles. The van der Waals surface area contributed by atoms with Crippen LogP contribution in [0.3, 0.4) is 0 Å². The third-order valence-corrected chi connectivity index (χ3v) is 18.3. The normalized spacial score (nSPS) is 20.3. The summed E-state index contributed by atoms with van der Waals surface area (Å²) in [7, 11) is 3.35. The lowest BCUT2D eigenvalue weighted by Crippen LogP contribution is -2.55. The molecule has 2 aromatic carbocycles. The number of alkyl halides is 4. The van der Waals surface area contributed by atoms with Crippen molar-refractivity contribution < 1.29 is 50.5 Å². The number of anilines is 4. The molecule has 6 aliphatic heterocycles. The Labute approximate surface area is 575 Å². The number of aliphatic carboxylic acids is 1. The summed E-state index contributed by atoms with van der Waals surface area (Å²) in [4.78, 5) is 54.5. The number of fused-ring (bicyclic) bond motifs is 4. The van der Waals surface area contributed by atoms with Gasteiger partial charge in [0.05, 0.1) is 97.0 Å². The molecule has 6 aromatic rings. The van der Waals surface area contributed by atoms with Gasteiger partial charge in [-0.25, -0.2) is 26.7 Å². The van der Waals surface area contributed by atoms with Crippen molar-refractivity contribution in [3.63, 3.8) is 0 Å². The minimum Gasteiger partial charge on any atom is -0.476 e. The maximum absolute atomic E-state index is 14.1. The molecular weight excluding hydrogens is 1320 g/mol. The fraction of sp³-hybridized carbons (Fsp3) is 0.524. The van der Waals surface area contributed by atoms with Gasteiger partial charge in [-0.1, -0.05) is 13.2 Å². The second-order valence-corrected chi connectivity index (χ2v) is 24.6. The standard InChI is InChI=1S/C31H36F3N9O2.C29H36F2N8O.C3H3FO2.4H2S/c1-18-11-25-24(13-36-39-25)27(19(18)2)41-8-6-23-26(15-41)37-30(45-16-22-12-31(33,34)17-40(22)4)38-28(23)42-9-10-43(29(44)20(3)32)21(14-42)5-7-35;1-18-11-24-23(13-33-36-24)26(19(18)2)38-10-7-22-25(15-38)34-28(40-16-21-12-29(30,31)17-37(21)3)35-27(22)39-9-4-5-20(14-39)6-8-32;1-2(4)3(5)6;;;;/h11,13,21-22H,3,5-6,8-10,12,14-17H2,1-2,4H3,(H,36,39);11,13,20-21H,4-7,9-10,12,14-17H2,1-3H3,(H,33,36);1H2,(H,5,6);4*1H2/t21-,22-;20-,21-;;;;;/m00...../s1. The average molecular weight is 1400 g/mol. The van der Waals surface area contributed by atoms with Crippen LogP contribution >= 0.6 is 54.0 Å². The zero-order valence-electron chi connectivity index (χ0n) is 53.9. The molecule has 32 heteroatoms. The summed E-state index contributed by atoms with van der Waals surface area (Å²) < 4.78 is 93.0. The summed E-state index contributed by atoms with van der Waals surface area (Å²) in [5.41, 5.74) is 12.5. The summed E-state index contributed by atoms with van der Waals surface area (Å²) >= 11 is 0. The first-order valence-electron chi connectivity index (χ1n) is 30.4. The molecule has 0 radical (unpaired) electrons. The minimum atomic E-state index is -2.78. The molecule has 10 heterocycles. The number of halogens is 6. The molecule has 22 nitrogen and oxygen atoms in total. The molecule has 0 unspecified atom stereocenters. The van der Waals surface area contributed by atoms with Gasteiger partial charge in [-0.05, 0) is 108 Å². The van der Waals surface area contributed by atoms with Crippen LogP contribution in [-0.2, 0) is 35.5 Å². The Morgan fingerprint density at radius 3 is 1.52 bits per heavy atom. The number of nitriles is 2. The molecule has 3 N–H and O–H groups in total. The van der Waals surface area contributed by atoms with E-state index in [1.165, 1.54) is 16.0 Å². The number of carboxylic acids is 1. The van der Waals surface area contributed by atoms with Crippen LogP contribution in [0.5, 0.6) is 12.0 Å². The second-order valence-electron chi connectivity index (χ2n) is 24.6. The first-order chi connectivity index (χ1) is 43.3. The van der Waals surface area contributed by atoms with E-state index in [1.54, 1.807) is 23.9 Å². The highest BCUT2D eigenvalue weighted by Crippen LogP contribution is 2.41. The largest absolute Gasteiger partial charge is 0.476 e. The number of rotatable bonds is 14. The van der Waals surface area contributed by atoms with E-state index >= 15 is 0 Å². The van der Waals surface area contributed by atoms with Gasteiger partial charge in [-0.15, -0.1) is 0 Å². The van der Waals surface area contributed by atoms with Gasteiger partial charge in [0.15, 0.2) is 5.83 Å². The number of likely N-dealkylation sites (N-methyl/N-ethyl adjacent to an activating group) is 2. The number of hydrogen-bond donors (Lipinski definition) is 3. The summed E-state index contributed by atoms with van der Waals surface area (Å²) in [6.45, 7) is 18.5. The van der Waals surface area contributed by atoms with Crippen LogP contribution in [-0.4, -0.2) is 188 Å². The van der Waals surface area contributed by atoms with E-state index in [2.05, 4.69) is 100 Å². The van der Waals surface area contributed by atoms with Crippen LogP contribution in [0.2, 0.25) is 0 Å². The molecular formula is C63H83F6N17O5S4. The quantitative estimate of drug-likeness (QED) is 0.0679. The van der Waals surface area contributed by atoms with E-state index in [4.69, 9.17) is 34.5 Å². The number of benzene rings is 2. The van der Waals surface area contributed by atoms with Crippen LogP contribution in [0.4, 0.5) is 49.4 Å². The van der Waals surface area contributed by atoms with Crippen molar-refractivity contribution in [1.29, 1.82) is 10.5 Å². The monoisotopic (exact) mass is 1400 g/mol. The lowest BCUT2D eigenvalue weighted by atomic mass is 9.94. The van der Waals surface area contributed by atoms with Gasteiger partial charge in [0.2, 0.25) is 5.83 Å². The Hall–Kier alpha value is -7.36. The van der Waals surface area contributed by atoms with Crippen molar-refractivity contribution in [2.24, 2.45) is 5.92 Å². The lowest BCUT2D eigenvalue weighted by molar-refractivity contribution is -0.134. The average Bonchev–Trinajstić information content (AvgIpc) is 1.61. The number of amides is 1. The molecule has 4 aromatic heterocycles. The number of ether oxygens (including phenoxy) is 2. The van der Waals surface area contributed by atoms with Crippen LogP contribution in [0, 0.1) is 56.3 Å². The summed E-state index contributed by atoms with van der Waals surface area (Å²) in [6.07, 6.45) is 7.10. The molecule has 0 saturated carbocycles. The van der Waals surface area contributed by atoms with Gasteiger partial charge in [-0.3, -0.25) is 24.8 Å². The highest BCUT2D eigenvalue weighted by atomic mass is 32.1. The molecule has 6 aliphatic rings. The molecule has 516 valence electrons. The Kier molecular flexibility index (Phi) is 25.9. The maximum atomic E-state index is 14.1. The third-order valence-electron chi connectivity index (χ3n) is 18.3. The van der Waals surface area contributed by atoms with Crippen molar-refractivity contribution in [1.82, 2.24) is 55.0 Å². The lowest BCUT2D eigenvalue weighted by Gasteiger charge is -2.42. The Balaban J connectivity index is 0.000000268. The number of nitrogens with one attached hydrogen (secondary N) is 2. The predicted molar refractivity (Wildman–Crippen MR) is 370 cm³/mol. The molecule has 95 heavy (non-hydrogen) atoms. The number of piperazine rings is 1. The number of carbonyl (C=O) groups is 2. The Bertz CT molecular complexity index is 3840. The van der Waals surface area contributed by atoms with Gasteiger partial charge in [0, 0.05) is 99.1 Å². The second kappa shape index (κ2) is 32.1. The zero-order chi connectivity index (χ0) is 65.2. The van der Waals surface area contributed by atoms with E-state index in [0.717, 1.165) is 112 Å². The number of aryl methyl sites for hydroxylation is 2. The topological polar surface area (TPSA) is 252 Å². The third kappa shape index (κ3) is 17.3. The predicted octanol–water partition coefficient (Wildman–Crippen LogP) is 9.05. The smallest absolute Gasteiger partial charge is 0.364 e. The van der Waals surface area contributed by atoms with Crippen LogP contribution in [0.1, 0.15) is 83.3 Å². The van der Waals surface area contributed by atoms with Gasteiger partial charge < -0.3 is 39.1 Å². The summed E-state index contributed by atoms with van der Waals surface area (Å²) in [6, 6.07) is 7.49. The zero-order valence-corrected chi connectivity index (χ0v) is 57.9. The fourth-order valence-corrected chi connectivity index (χ4v) is 13.4. The summed E-state index contributed by atoms with van der Waals surface area (Å²) in [5.74, 6) is -8.54. The van der Waals surface area contributed by atoms with Crippen molar-refractivity contribution in [3.05, 3.63) is 94.1 Å². The van der Waals surface area contributed by atoms with Crippen LogP contribution in [0.15, 0.2) is 49.3 Å². The highest BCUT2D eigenvalue weighted by molar-refractivity contribution is 7.59. The molecule has 1 amide bonds. The van der Waals surface area contributed by atoms with Gasteiger partial charge in [0.1, 0.15) is 24.8 Å².